The molecule has 3 rings (SSSR count). The van der Waals surface area contributed by atoms with Crippen LogP contribution in [0.5, 0.6) is 0 Å². The average molecular weight is 345 g/mol. The fraction of sp³-hybridized carbons (Fsp3) is 0.733. The second-order valence-electron chi connectivity index (χ2n) is 6.05. The fourth-order valence-electron chi connectivity index (χ4n) is 3.37. The molecule has 3 heterocycles. The molecule has 2 bridgehead atoms. The highest BCUT2D eigenvalue weighted by Crippen LogP contribution is 2.24. The van der Waals surface area contributed by atoms with Crippen LogP contribution in [0.1, 0.15) is 38.8 Å². The van der Waals surface area contributed by atoms with Crippen LogP contribution in [-0.4, -0.2) is 47.5 Å². The molecule has 2 unspecified atom stereocenters. The summed E-state index contributed by atoms with van der Waals surface area (Å²) in [7, 11) is 0. The number of fused-ring (bicyclic) bond motifs is 2. The fourth-order valence-corrected chi connectivity index (χ4v) is 4.30. The summed E-state index contributed by atoms with van der Waals surface area (Å²) in [5.41, 5.74) is 1.09. The number of nitrogens with zero attached hydrogens (tertiary/aromatic N) is 3. The van der Waals surface area contributed by atoms with Crippen LogP contribution in [0.4, 0.5) is 5.13 Å². The number of likely N-dealkylation sites (tertiary alicyclic amines) is 1. The summed E-state index contributed by atoms with van der Waals surface area (Å²) in [5, 5.41) is 6.63. The summed E-state index contributed by atoms with van der Waals surface area (Å²) in [5.74, 6) is 0.0645. The molecule has 0 saturated carbocycles. The van der Waals surface area contributed by atoms with Crippen LogP contribution in [0.15, 0.2) is 5.38 Å². The maximum Gasteiger partial charge on any atom is 0.225 e. The van der Waals surface area contributed by atoms with E-state index in [2.05, 4.69) is 20.6 Å². The minimum absolute atomic E-state index is 0. The molecule has 2 aliphatic rings. The molecule has 0 aromatic carbocycles. The van der Waals surface area contributed by atoms with Crippen LogP contribution in [0, 0.1) is 0 Å². The van der Waals surface area contributed by atoms with Gasteiger partial charge in [-0.15, -0.1) is 23.7 Å². The lowest BCUT2D eigenvalue weighted by atomic mass is 10.1. The number of hydrogen-bond acceptors (Lipinski definition) is 5. The van der Waals surface area contributed by atoms with E-state index in [-0.39, 0.29) is 18.3 Å². The molecule has 1 aromatic heterocycles. The number of aromatic nitrogens is 1. The third-order valence-corrected chi connectivity index (χ3v) is 5.37. The second kappa shape index (κ2) is 7.73. The minimum atomic E-state index is 0. The Hall–Kier alpha value is -0.690. The van der Waals surface area contributed by atoms with Crippen molar-refractivity contribution in [1.29, 1.82) is 0 Å². The van der Waals surface area contributed by atoms with Crippen LogP contribution in [-0.2, 0) is 11.3 Å². The van der Waals surface area contributed by atoms with Crippen LogP contribution in [0.2, 0.25) is 0 Å². The van der Waals surface area contributed by atoms with Gasteiger partial charge in [0.1, 0.15) is 0 Å². The molecule has 22 heavy (non-hydrogen) atoms. The van der Waals surface area contributed by atoms with Gasteiger partial charge in [0.2, 0.25) is 5.91 Å². The Labute approximate surface area is 142 Å². The SMILES string of the molecule is CCN(C(C)=O)c1nc(CN2CCC3CCC(C2)N3)cs1.Cl. The van der Waals surface area contributed by atoms with Crippen LogP contribution < -0.4 is 10.2 Å². The van der Waals surface area contributed by atoms with Crippen molar-refractivity contribution in [3.63, 3.8) is 0 Å². The Morgan fingerprint density at radius 1 is 1.45 bits per heavy atom. The quantitative estimate of drug-likeness (QED) is 0.910. The highest BCUT2D eigenvalue weighted by Gasteiger charge is 2.29. The molecular weight excluding hydrogens is 320 g/mol. The zero-order valence-corrected chi connectivity index (χ0v) is 14.9. The van der Waals surface area contributed by atoms with Crippen LogP contribution >= 0.6 is 23.7 Å². The van der Waals surface area contributed by atoms with Crippen molar-refractivity contribution in [2.24, 2.45) is 0 Å². The number of rotatable bonds is 4. The first-order valence-electron chi connectivity index (χ1n) is 7.86. The maximum atomic E-state index is 11.6. The van der Waals surface area contributed by atoms with E-state index < -0.39 is 0 Å². The lowest BCUT2D eigenvalue weighted by molar-refractivity contribution is -0.116. The number of nitrogens with one attached hydrogen (secondary N) is 1. The van der Waals surface area contributed by atoms with Crippen LogP contribution in [0.25, 0.3) is 0 Å². The van der Waals surface area contributed by atoms with Crippen LogP contribution in [0.3, 0.4) is 0 Å². The van der Waals surface area contributed by atoms with Crippen molar-refractivity contribution in [3.05, 3.63) is 11.1 Å². The first-order valence-corrected chi connectivity index (χ1v) is 8.74. The second-order valence-corrected chi connectivity index (χ2v) is 6.88. The molecule has 2 saturated heterocycles. The van der Waals surface area contributed by atoms with Gasteiger partial charge >= 0.3 is 0 Å². The highest BCUT2D eigenvalue weighted by atomic mass is 35.5. The number of carbonyl (C=O) groups excluding carboxylic acids is 1. The van der Waals surface area contributed by atoms with Gasteiger partial charge in [-0.2, -0.15) is 0 Å². The number of anilines is 1. The van der Waals surface area contributed by atoms with E-state index in [1.807, 2.05) is 6.92 Å². The smallest absolute Gasteiger partial charge is 0.225 e. The zero-order chi connectivity index (χ0) is 14.8. The van der Waals surface area contributed by atoms with Crippen molar-refractivity contribution in [3.8, 4) is 0 Å². The topological polar surface area (TPSA) is 48.5 Å². The van der Waals surface area contributed by atoms with E-state index in [0.717, 1.165) is 36.5 Å². The molecule has 2 fully saturated rings. The molecule has 1 amide bonds. The van der Waals surface area contributed by atoms with E-state index in [4.69, 9.17) is 0 Å². The molecular formula is C15H25ClN4OS. The predicted octanol–water partition coefficient (Wildman–Crippen LogP) is 2.26. The summed E-state index contributed by atoms with van der Waals surface area (Å²) in [4.78, 5) is 20.5. The zero-order valence-electron chi connectivity index (χ0n) is 13.2. The van der Waals surface area contributed by atoms with Gasteiger partial charge in [-0.05, 0) is 26.2 Å². The molecule has 1 aromatic rings. The highest BCUT2D eigenvalue weighted by molar-refractivity contribution is 7.14. The van der Waals surface area contributed by atoms with E-state index in [1.165, 1.54) is 19.3 Å². The summed E-state index contributed by atoms with van der Waals surface area (Å²) in [6, 6.07) is 1.37. The molecule has 7 heteroatoms. The molecule has 2 aliphatic heterocycles. The summed E-state index contributed by atoms with van der Waals surface area (Å²) in [6.45, 7) is 7.43. The Bertz CT molecular complexity index is 509. The van der Waals surface area contributed by atoms with E-state index >= 15 is 0 Å². The minimum Gasteiger partial charge on any atom is -0.310 e. The van der Waals surface area contributed by atoms with Gasteiger partial charge in [-0.1, -0.05) is 0 Å². The Morgan fingerprint density at radius 3 is 2.95 bits per heavy atom. The van der Waals surface area contributed by atoms with Crippen molar-refractivity contribution in [2.45, 2.75) is 51.7 Å². The van der Waals surface area contributed by atoms with Gasteiger partial charge in [0.15, 0.2) is 5.13 Å². The molecule has 0 radical (unpaired) electrons. The molecule has 0 spiro atoms. The van der Waals surface area contributed by atoms with E-state index in [1.54, 1.807) is 23.2 Å². The van der Waals surface area contributed by atoms with Crippen molar-refractivity contribution in [1.82, 2.24) is 15.2 Å². The maximum absolute atomic E-state index is 11.6. The Morgan fingerprint density at radius 2 is 2.23 bits per heavy atom. The van der Waals surface area contributed by atoms with Gasteiger partial charge in [-0.3, -0.25) is 14.6 Å². The number of halogens is 1. The molecule has 2 atom stereocenters. The third kappa shape index (κ3) is 3.98. The first kappa shape index (κ1) is 17.7. The number of carbonyl (C=O) groups is 1. The number of thiazole rings is 1. The number of amides is 1. The van der Waals surface area contributed by atoms with Gasteiger partial charge in [-0.25, -0.2) is 4.98 Å². The largest absolute Gasteiger partial charge is 0.310 e. The lowest BCUT2D eigenvalue weighted by Gasteiger charge is -2.23. The van der Waals surface area contributed by atoms with Gasteiger partial charge in [0, 0.05) is 50.6 Å². The predicted molar refractivity (Wildman–Crippen MR) is 92.9 cm³/mol. The van der Waals surface area contributed by atoms with E-state index in [0.29, 0.717) is 12.6 Å². The molecule has 0 aliphatic carbocycles. The Kier molecular flexibility index (Phi) is 6.20. The third-order valence-electron chi connectivity index (χ3n) is 4.46. The van der Waals surface area contributed by atoms with Crippen molar-refractivity contribution >= 4 is 34.8 Å². The first-order chi connectivity index (χ1) is 10.2. The molecule has 1 N–H and O–H groups in total. The molecule has 124 valence electrons. The molecule has 5 nitrogen and oxygen atoms in total. The normalized spacial score (nSPS) is 24.6. The van der Waals surface area contributed by atoms with E-state index in [9.17, 15) is 4.79 Å². The van der Waals surface area contributed by atoms with Gasteiger partial charge < -0.3 is 5.32 Å². The monoisotopic (exact) mass is 344 g/mol. The number of hydrogen-bond donors (Lipinski definition) is 1. The lowest BCUT2D eigenvalue weighted by Crippen LogP contribution is -2.35. The van der Waals surface area contributed by atoms with Crippen molar-refractivity contribution in [2.75, 3.05) is 24.5 Å². The average Bonchev–Trinajstić information content (AvgIpc) is 3.00. The van der Waals surface area contributed by atoms with Gasteiger partial charge in [0.05, 0.1) is 5.69 Å². The summed E-state index contributed by atoms with van der Waals surface area (Å²) in [6.07, 6.45) is 3.88. The van der Waals surface area contributed by atoms with Gasteiger partial charge in [0.25, 0.3) is 0 Å². The summed E-state index contributed by atoms with van der Waals surface area (Å²) < 4.78 is 0. The summed E-state index contributed by atoms with van der Waals surface area (Å²) >= 11 is 1.57. The standard InChI is InChI=1S/C15H24N4OS.ClH/c1-3-19(11(2)20)15-17-14(10-21-15)9-18-7-6-12-4-5-13(8-18)16-12;/h10,12-13,16H,3-9H2,1-2H3;1H. The van der Waals surface area contributed by atoms with Crippen molar-refractivity contribution < 1.29 is 4.79 Å². The Balaban J connectivity index is 0.00000176.